The number of Topliss-reactive ketones (excluding diaryl/α,β-unsaturated/α-hetero) is 1. The second kappa shape index (κ2) is 12.0. The third kappa shape index (κ3) is 5.32. The number of benzene rings is 3. The number of fused-ring (bicyclic) bond motifs is 6. The van der Waals surface area contributed by atoms with E-state index in [0.29, 0.717) is 27.8 Å². The zero-order chi connectivity index (χ0) is 33.3. The maximum Gasteiger partial charge on any atom is 0.339 e. The minimum Gasteiger partial charge on any atom is -0.454 e. The van der Waals surface area contributed by atoms with Crippen LogP contribution >= 0.6 is 47.8 Å². The number of alkyl halides is 2. The number of halogens is 3. The van der Waals surface area contributed by atoms with Crippen LogP contribution in [0.2, 0.25) is 0 Å². The summed E-state index contributed by atoms with van der Waals surface area (Å²) < 4.78 is 6.16. The van der Waals surface area contributed by atoms with Gasteiger partial charge in [-0.1, -0.05) is 59.9 Å². The Balaban J connectivity index is 1.16. The first-order valence-electron chi connectivity index (χ1n) is 14.8. The summed E-state index contributed by atoms with van der Waals surface area (Å²) in [6.07, 6.45) is 0.852. The predicted octanol–water partition coefficient (Wildman–Crippen LogP) is 7.20. The van der Waals surface area contributed by atoms with Crippen molar-refractivity contribution in [3.8, 4) is 11.3 Å². The highest BCUT2D eigenvalue weighted by molar-refractivity contribution is 9.12. The van der Waals surface area contributed by atoms with Gasteiger partial charge in [-0.15, -0.1) is 0 Å². The number of hydrogen-bond acceptors (Lipinski definition) is 8. The smallest absolute Gasteiger partial charge is 0.339 e. The summed E-state index contributed by atoms with van der Waals surface area (Å²) >= 11 is 10.9. The molecule has 238 valence electrons. The molecule has 2 aliphatic carbocycles. The van der Waals surface area contributed by atoms with Crippen molar-refractivity contribution in [2.45, 2.75) is 23.0 Å². The van der Waals surface area contributed by atoms with E-state index in [0.717, 1.165) is 16.5 Å². The highest BCUT2D eigenvalue weighted by atomic mass is 79.9. The van der Waals surface area contributed by atoms with Crippen LogP contribution in [0.4, 0.5) is 11.4 Å². The van der Waals surface area contributed by atoms with Gasteiger partial charge in [0.25, 0.3) is 5.69 Å². The van der Waals surface area contributed by atoms with Gasteiger partial charge >= 0.3 is 5.97 Å². The van der Waals surface area contributed by atoms with E-state index in [9.17, 15) is 29.3 Å². The molecule has 0 radical (unpaired) electrons. The van der Waals surface area contributed by atoms with Gasteiger partial charge in [-0.05, 0) is 73.2 Å². The number of rotatable bonds is 7. The van der Waals surface area contributed by atoms with E-state index in [4.69, 9.17) is 9.72 Å². The monoisotopic (exact) mass is 823 g/mol. The van der Waals surface area contributed by atoms with Crippen LogP contribution in [0.1, 0.15) is 32.7 Å². The van der Waals surface area contributed by atoms with E-state index < -0.39 is 23.3 Å². The molecule has 4 aromatic rings. The second-order valence-corrected chi connectivity index (χ2v) is 15.1. The normalized spacial score (nSPS) is 24.6. The Kier molecular flexibility index (Phi) is 8.12. The van der Waals surface area contributed by atoms with Gasteiger partial charge in [0.2, 0.25) is 11.8 Å². The number of nitrogens with zero attached hydrogens (tertiary/aromatic N) is 3. The van der Waals surface area contributed by atoms with Crippen LogP contribution in [0, 0.1) is 40.7 Å². The van der Waals surface area contributed by atoms with E-state index in [1.165, 1.54) is 29.2 Å². The molecule has 3 fully saturated rings. The van der Waals surface area contributed by atoms with Gasteiger partial charge in [0.1, 0.15) is 0 Å². The van der Waals surface area contributed by atoms with E-state index in [1.807, 2.05) is 13.0 Å². The van der Waals surface area contributed by atoms with E-state index in [1.54, 1.807) is 36.4 Å². The highest BCUT2D eigenvalue weighted by Gasteiger charge is 2.66. The molecule has 6 atom stereocenters. The number of carbonyl (C=O) groups excluding carboxylic acids is 4. The average molecular weight is 826 g/mol. The number of esters is 1. The standard InChI is InChI=1S/C34H24Br3N3O7/c1-15-10-18(35)11-21-22(34(44)47-14-26(41)17-4-8-20(9-5-17)40(45)46)13-25(38-31(15)21)16-2-6-19(7-3-16)39-32(42)27-23-12-24(28(27)33(39)43)30(37)29(23)36/h2-11,13,23-24,27-30H,12,14H2,1H3. The number of non-ortho nitro benzene ring substituents is 1. The minimum atomic E-state index is -0.743. The second-order valence-electron chi connectivity index (χ2n) is 12.0. The van der Waals surface area contributed by atoms with Gasteiger partial charge in [0.05, 0.1) is 39.2 Å². The maximum absolute atomic E-state index is 13.5. The lowest BCUT2D eigenvalue weighted by atomic mass is 9.81. The molecular weight excluding hydrogens is 802 g/mol. The van der Waals surface area contributed by atoms with Crippen LogP contribution in [-0.2, 0) is 14.3 Å². The maximum atomic E-state index is 13.5. The molecule has 2 amide bonds. The molecule has 2 heterocycles. The van der Waals surface area contributed by atoms with Crippen molar-refractivity contribution in [3.05, 3.63) is 98.0 Å². The number of hydrogen-bond donors (Lipinski definition) is 0. The van der Waals surface area contributed by atoms with E-state index in [2.05, 4.69) is 47.8 Å². The first kappa shape index (κ1) is 31.8. The summed E-state index contributed by atoms with van der Waals surface area (Å²) in [6.45, 7) is 1.30. The third-order valence-corrected chi connectivity index (χ3v) is 13.1. The molecule has 47 heavy (non-hydrogen) atoms. The summed E-state index contributed by atoms with van der Waals surface area (Å²) in [5, 5.41) is 11.5. The number of amides is 2. The first-order chi connectivity index (χ1) is 22.4. The fourth-order valence-electron chi connectivity index (χ4n) is 7.22. The predicted molar refractivity (Wildman–Crippen MR) is 184 cm³/mol. The number of anilines is 1. The van der Waals surface area contributed by atoms with Gasteiger partial charge in [0, 0.05) is 42.8 Å². The fraction of sp³-hybridized carbons (Fsp3) is 0.265. The quantitative estimate of drug-likeness (QED) is 0.0477. The average Bonchev–Trinajstić information content (AvgIpc) is 3.67. The molecule has 1 saturated heterocycles. The largest absolute Gasteiger partial charge is 0.454 e. The Morgan fingerprint density at radius 3 is 2.17 bits per heavy atom. The summed E-state index contributed by atoms with van der Waals surface area (Å²) in [5.74, 6) is -2.00. The number of nitro groups is 1. The molecule has 3 aromatic carbocycles. The number of imide groups is 1. The molecule has 1 aliphatic heterocycles. The van der Waals surface area contributed by atoms with Crippen molar-refractivity contribution < 1.29 is 28.8 Å². The Bertz CT molecular complexity index is 1990. The van der Waals surface area contributed by atoms with Crippen molar-refractivity contribution in [1.29, 1.82) is 0 Å². The van der Waals surface area contributed by atoms with Crippen LogP contribution in [0.15, 0.2) is 71.2 Å². The van der Waals surface area contributed by atoms with Crippen LogP contribution in [0.25, 0.3) is 22.2 Å². The van der Waals surface area contributed by atoms with Crippen molar-refractivity contribution in [1.82, 2.24) is 4.98 Å². The Hall–Kier alpha value is -3.81. The van der Waals surface area contributed by atoms with Crippen molar-refractivity contribution in [2.75, 3.05) is 11.5 Å². The third-order valence-electron chi connectivity index (χ3n) is 9.43. The highest BCUT2D eigenvalue weighted by Crippen LogP contribution is 2.60. The number of carbonyl (C=O) groups is 4. The van der Waals surface area contributed by atoms with Crippen LogP contribution in [0.5, 0.6) is 0 Å². The van der Waals surface area contributed by atoms with E-state index >= 15 is 0 Å². The number of ketones is 1. The molecular formula is C34H24Br3N3O7. The Morgan fingerprint density at radius 2 is 1.57 bits per heavy atom. The molecule has 1 aromatic heterocycles. The van der Waals surface area contributed by atoms with E-state index in [-0.39, 0.29) is 62.0 Å². The van der Waals surface area contributed by atoms with Crippen molar-refractivity contribution >= 4 is 93.6 Å². The molecule has 13 heteroatoms. The van der Waals surface area contributed by atoms with Crippen molar-refractivity contribution in [2.24, 2.45) is 23.7 Å². The lowest BCUT2D eigenvalue weighted by Gasteiger charge is -2.28. The Labute approximate surface area is 293 Å². The molecule has 0 N–H and O–H groups in total. The fourth-order valence-corrected chi connectivity index (χ4v) is 9.66. The van der Waals surface area contributed by atoms with Gasteiger partial charge < -0.3 is 4.74 Å². The molecule has 0 spiro atoms. The summed E-state index contributed by atoms with van der Waals surface area (Å²) in [5.41, 5.74) is 3.16. The molecule has 2 bridgehead atoms. The summed E-state index contributed by atoms with van der Waals surface area (Å²) in [7, 11) is 0. The lowest BCUT2D eigenvalue weighted by molar-refractivity contribution is -0.384. The van der Waals surface area contributed by atoms with Gasteiger partial charge in [-0.2, -0.15) is 0 Å². The van der Waals surface area contributed by atoms with Crippen LogP contribution < -0.4 is 4.90 Å². The number of pyridine rings is 1. The lowest BCUT2D eigenvalue weighted by Crippen LogP contribution is -2.37. The molecule has 7 rings (SSSR count). The number of ether oxygens (including phenoxy) is 1. The molecule has 10 nitrogen and oxygen atoms in total. The van der Waals surface area contributed by atoms with Crippen molar-refractivity contribution in [3.63, 3.8) is 0 Å². The number of nitro benzene ring substituents is 1. The zero-order valence-corrected chi connectivity index (χ0v) is 29.3. The van der Waals surface area contributed by atoms with Gasteiger partial charge in [-0.25, -0.2) is 9.78 Å². The molecule has 2 saturated carbocycles. The topological polar surface area (TPSA) is 137 Å². The molecule has 3 aliphatic rings. The summed E-state index contributed by atoms with van der Waals surface area (Å²) in [4.78, 5) is 70.0. The molecule has 6 unspecified atom stereocenters. The minimum absolute atomic E-state index is 0.114. The number of aryl methyl sites for hydroxylation is 1. The van der Waals surface area contributed by atoms with Gasteiger partial charge in [0.15, 0.2) is 12.4 Å². The van der Waals surface area contributed by atoms with Crippen LogP contribution in [0.3, 0.4) is 0 Å². The zero-order valence-electron chi connectivity index (χ0n) is 24.6. The summed E-state index contributed by atoms with van der Waals surface area (Å²) in [6, 6.07) is 17.2. The first-order valence-corrected chi connectivity index (χ1v) is 17.4. The number of aromatic nitrogens is 1. The Morgan fingerprint density at radius 1 is 0.957 bits per heavy atom. The van der Waals surface area contributed by atoms with Gasteiger partial charge in [-0.3, -0.25) is 29.4 Å². The van der Waals surface area contributed by atoms with Crippen LogP contribution in [-0.4, -0.2) is 49.7 Å². The SMILES string of the molecule is Cc1cc(Br)cc2c(C(=O)OCC(=O)c3ccc([N+](=O)[O-])cc3)cc(-c3ccc(N4C(=O)C5C6CC(C(Br)C6Br)C5C4=O)cc3)nc12.